The van der Waals surface area contributed by atoms with Crippen LogP contribution in [0, 0.1) is 0 Å². The average molecular weight is 360 g/mol. The van der Waals surface area contributed by atoms with Crippen LogP contribution in [0.1, 0.15) is 30.9 Å². The van der Waals surface area contributed by atoms with Gasteiger partial charge in [0.05, 0.1) is 5.57 Å². The van der Waals surface area contributed by atoms with Crippen molar-refractivity contribution in [2.45, 2.75) is 33.0 Å². The van der Waals surface area contributed by atoms with Crippen LogP contribution in [-0.4, -0.2) is 20.3 Å². The van der Waals surface area contributed by atoms with Crippen molar-refractivity contribution < 1.29 is 22.2 Å². The minimum absolute atomic E-state index is 0.298. The van der Waals surface area contributed by atoms with Gasteiger partial charge in [0.2, 0.25) is 12.3 Å². The number of hydrogen-bond acceptors (Lipinski definition) is 2. The molecule has 0 amide bonds. The molecule has 0 spiro atoms. The van der Waals surface area contributed by atoms with Crippen molar-refractivity contribution in [2.75, 3.05) is 0 Å². The summed E-state index contributed by atoms with van der Waals surface area (Å²) in [5.41, 5.74) is 5.29. The summed E-state index contributed by atoms with van der Waals surface area (Å²) >= 11 is 0. The lowest BCUT2D eigenvalue weighted by Gasteiger charge is -2.19. The van der Waals surface area contributed by atoms with Crippen molar-refractivity contribution >= 4 is 16.7 Å². The number of alkyl halides is 3. The smallest absolute Gasteiger partial charge is 0.449 e. The molecular formula is C19H17F3N3O+. The maximum atomic E-state index is 12.7. The van der Waals surface area contributed by atoms with E-state index in [1.54, 1.807) is 6.20 Å². The third-order valence-electron chi connectivity index (χ3n) is 4.84. The van der Waals surface area contributed by atoms with Crippen LogP contribution in [-0.2, 0) is 19.1 Å². The fourth-order valence-corrected chi connectivity index (χ4v) is 3.40. The second kappa shape index (κ2) is 5.86. The highest BCUT2D eigenvalue weighted by Crippen LogP contribution is 2.32. The summed E-state index contributed by atoms with van der Waals surface area (Å²) in [7, 11) is 0. The summed E-state index contributed by atoms with van der Waals surface area (Å²) in [6.45, 7) is 4.25. The summed E-state index contributed by atoms with van der Waals surface area (Å²) in [6, 6.07) is 6.28. The van der Waals surface area contributed by atoms with Gasteiger partial charge in [0.25, 0.3) is 0 Å². The van der Waals surface area contributed by atoms with Crippen LogP contribution in [0.2, 0.25) is 0 Å². The zero-order valence-corrected chi connectivity index (χ0v) is 14.3. The van der Waals surface area contributed by atoms with Crippen molar-refractivity contribution in [3.8, 4) is 0 Å². The fraction of sp³-hybridized carbons (Fsp3) is 0.263. The molecule has 26 heavy (non-hydrogen) atoms. The first-order chi connectivity index (χ1) is 12.3. The Hall–Kier alpha value is -2.83. The maximum absolute atomic E-state index is 12.7. The molecule has 3 aromatic heterocycles. The Labute approximate surface area is 147 Å². The zero-order chi connectivity index (χ0) is 18.5. The maximum Gasteiger partial charge on any atom is 0.449 e. The fourth-order valence-electron chi connectivity index (χ4n) is 3.40. The van der Waals surface area contributed by atoms with E-state index < -0.39 is 11.9 Å². The van der Waals surface area contributed by atoms with Gasteiger partial charge >= 0.3 is 6.18 Å². The van der Waals surface area contributed by atoms with E-state index in [1.807, 2.05) is 36.8 Å². The minimum Gasteiger partial charge on any atom is -0.450 e. The third kappa shape index (κ3) is 2.73. The molecule has 0 unspecified atom stereocenters. The Balaban J connectivity index is 1.52. The number of nitrogens with one attached hydrogen (secondary N) is 1. The second-order valence-electron chi connectivity index (χ2n) is 6.39. The van der Waals surface area contributed by atoms with Crippen LogP contribution in [0.15, 0.2) is 52.3 Å². The van der Waals surface area contributed by atoms with Gasteiger partial charge in [-0.1, -0.05) is 0 Å². The highest BCUT2D eigenvalue weighted by molar-refractivity contribution is 5.99. The normalized spacial score (nSPS) is 15.1. The quantitative estimate of drug-likeness (QED) is 0.687. The molecule has 4 nitrogen and oxygen atoms in total. The molecule has 0 radical (unpaired) electrons. The molecule has 1 aliphatic heterocycles. The van der Waals surface area contributed by atoms with Gasteiger partial charge in [-0.2, -0.15) is 17.7 Å². The van der Waals surface area contributed by atoms with Gasteiger partial charge in [-0.25, -0.2) is 4.98 Å². The first kappa shape index (κ1) is 16.6. The molecule has 0 saturated carbocycles. The Morgan fingerprint density at radius 3 is 2.69 bits per heavy atom. The predicted octanol–water partition coefficient (Wildman–Crippen LogP) is 4.68. The number of pyridine rings is 1. The van der Waals surface area contributed by atoms with E-state index in [2.05, 4.69) is 9.97 Å². The summed E-state index contributed by atoms with van der Waals surface area (Å²) < 4.78 is 44.9. The molecule has 0 fully saturated rings. The highest BCUT2D eigenvalue weighted by Gasteiger charge is 2.37. The van der Waals surface area contributed by atoms with E-state index in [-0.39, 0.29) is 0 Å². The number of nitrogens with zero attached hydrogens (tertiary/aromatic N) is 2. The SMILES string of the molecule is CC1=C(Cc2c[nH]c3ncccc23)C(C)=[N+]1Cc1ccc(C(F)(F)F)o1. The molecule has 7 heteroatoms. The van der Waals surface area contributed by atoms with Crippen molar-refractivity contribution in [2.24, 2.45) is 0 Å². The third-order valence-corrected chi connectivity index (χ3v) is 4.84. The lowest BCUT2D eigenvalue weighted by molar-refractivity contribution is -0.509. The molecule has 0 atom stereocenters. The van der Waals surface area contributed by atoms with Gasteiger partial charge in [0, 0.05) is 38.0 Å². The molecule has 1 aliphatic rings. The second-order valence-corrected chi connectivity index (χ2v) is 6.39. The summed E-state index contributed by atoms with van der Waals surface area (Å²) in [6.07, 6.45) is 0.00136. The highest BCUT2D eigenvalue weighted by atomic mass is 19.4. The first-order valence-corrected chi connectivity index (χ1v) is 8.22. The molecule has 1 N–H and O–H groups in total. The molecule has 4 rings (SSSR count). The minimum atomic E-state index is -4.45. The van der Waals surface area contributed by atoms with Crippen LogP contribution >= 0.6 is 0 Å². The molecular weight excluding hydrogens is 343 g/mol. The van der Waals surface area contributed by atoms with E-state index in [9.17, 15) is 13.2 Å². The van der Waals surface area contributed by atoms with Gasteiger partial charge in [-0.3, -0.25) is 0 Å². The number of fused-ring (bicyclic) bond motifs is 1. The molecule has 0 aromatic carbocycles. The van der Waals surface area contributed by atoms with Gasteiger partial charge in [-0.05, 0) is 29.8 Å². The lowest BCUT2D eigenvalue weighted by atomic mass is 9.94. The van der Waals surface area contributed by atoms with Gasteiger partial charge in [0.15, 0.2) is 17.2 Å². The first-order valence-electron chi connectivity index (χ1n) is 8.22. The lowest BCUT2D eigenvalue weighted by Crippen LogP contribution is -2.31. The van der Waals surface area contributed by atoms with Crippen molar-refractivity contribution in [3.63, 3.8) is 0 Å². The van der Waals surface area contributed by atoms with Gasteiger partial charge in [0.1, 0.15) is 5.65 Å². The van der Waals surface area contributed by atoms with E-state index >= 15 is 0 Å². The zero-order valence-electron chi connectivity index (χ0n) is 14.3. The van der Waals surface area contributed by atoms with Crippen LogP contribution in [0.3, 0.4) is 0 Å². The molecule has 0 aliphatic carbocycles. The molecule has 4 heterocycles. The number of H-pyrrole nitrogens is 1. The van der Waals surface area contributed by atoms with Crippen molar-refractivity contribution in [1.29, 1.82) is 0 Å². The number of halogens is 3. The Morgan fingerprint density at radius 2 is 2.00 bits per heavy atom. The van der Waals surface area contributed by atoms with Crippen molar-refractivity contribution in [1.82, 2.24) is 9.97 Å². The number of furan rings is 1. The van der Waals surface area contributed by atoms with Crippen LogP contribution < -0.4 is 0 Å². The number of allylic oxidation sites excluding steroid dienone is 2. The molecule has 0 saturated heterocycles. The van der Waals surface area contributed by atoms with E-state index in [1.165, 1.54) is 11.6 Å². The standard InChI is InChI=1S/C19H17F3N3O/c1-11-16(8-13-9-24-18-15(13)4-3-7-23-18)12(2)25(11)10-14-5-6-17(26-14)19(20,21)22/h3-7,9H,8,10H2,1-2H3,(H,23,24)/q+1. The Kier molecular flexibility index (Phi) is 3.75. The van der Waals surface area contributed by atoms with Crippen molar-refractivity contribution in [3.05, 3.63) is 65.0 Å². The Morgan fingerprint density at radius 1 is 1.19 bits per heavy atom. The summed E-state index contributed by atoms with van der Waals surface area (Å²) in [5, 5.41) is 1.08. The number of rotatable bonds is 4. The van der Waals surface area contributed by atoms with Crippen LogP contribution in [0.25, 0.3) is 11.0 Å². The number of aromatic amines is 1. The number of aromatic nitrogens is 2. The van der Waals surface area contributed by atoms with E-state index in [0.717, 1.165) is 40.5 Å². The van der Waals surface area contributed by atoms with Crippen LogP contribution in [0.5, 0.6) is 0 Å². The monoisotopic (exact) mass is 360 g/mol. The average Bonchev–Trinajstić information content (AvgIpc) is 3.24. The van der Waals surface area contributed by atoms with Gasteiger partial charge in [-0.15, -0.1) is 0 Å². The molecule has 0 bridgehead atoms. The molecule has 3 aromatic rings. The van der Waals surface area contributed by atoms with Crippen LogP contribution in [0.4, 0.5) is 13.2 Å². The summed E-state index contributed by atoms with van der Waals surface area (Å²) in [4.78, 5) is 7.45. The van der Waals surface area contributed by atoms with Gasteiger partial charge < -0.3 is 9.40 Å². The topological polar surface area (TPSA) is 44.8 Å². The molecule has 134 valence electrons. The Bertz CT molecular complexity index is 1050. The predicted molar refractivity (Wildman–Crippen MR) is 90.9 cm³/mol. The van der Waals surface area contributed by atoms with E-state index in [4.69, 9.17) is 4.42 Å². The number of hydrogen-bond donors (Lipinski definition) is 1. The largest absolute Gasteiger partial charge is 0.450 e. The van der Waals surface area contributed by atoms with E-state index in [0.29, 0.717) is 12.3 Å². The summed E-state index contributed by atoms with van der Waals surface area (Å²) in [5.74, 6) is -0.662.